The Morgan fingerprint density at radius 3 is 2.53 bits per heavy atom. The Balaban J connectivity index is 2.57. The van der Waals surface area contributed by atoms with Crippen LogP contribution in [0.1, 0.15) is 40.0 Å². The lowest BCUT2D eigenvalue weighted by Crippen LogP contribution is -2.49. The van der Waals surface area contributed by atoms with Crippen LogP contribution in [0.25, 0.3) is 0 Å². The summed E-state index contributed by atoms with van der Waals surface area (Å²) in [5.41, 5.74) is 0. The van der Waals surface area contributed by atoms with E-state index in [9.17, 15) is 8.78 Å². The van der Waals surface area contributed by atoms with E-state index in [0.29, 0.717) is 17.9 Å². The second kappa shape index (κ2) is 8.15. The molecule has 1 N–H and O–H groups in total. The fraction of sp³-hybridized carbons (Fsp3) is 1.00. The number of halogens is 2. The van der Waals surface area contributed by atoms with E-state index in [4.69, 9.17) is 0 Å². The summed E-state index contributed by atoms with van der Waals surface area (Å²) in [6.45, 7) is 8.44. The molecule has 0 spiro atoms. The smallest absolute Gasteiger partial charge is 0.251 e. The van der Waals surface area contributed by atoms with Crippen LogP contribution in [-0.4, -0.2) is 44.0 Å². The highest BCUT2D eigenvalue weighted by Crippen LogP contribution is 2.34. The quantitative estimate of drug-likeness (QED) is 0.768. The normalized spacial score (nSPS) is 32.2. The Labute approximate surface area is 116 Å². The monoisotopic (exact) mass is 276 g/mol. The third-order valence-corrected chi connectivity index (χ3v) is 4.31. The molecular formula is C15H30F2N2. The molecule has 0 aromatic rings. The first-order valence-corrected chi connectivity index (χ1v) is 7.64. The summed E-state index contributed by atoms with van der Waals surface area (Å²) < 4.78 is 24.9. The van der Waals surface area contributed by atoms with Crippen LogP contribution in [0, 0.1) is 17.8 Å². The van der Waals surface area contributed by atoms with Gasteiger partial charge in [0.1, 0.15) is 0 Å². The Bertz CT molecular complexity index is 248. The second-order valence-corrected chi connectivity index (χ2v) is 6.39. The maximum Gasteiger partial charge on any atom is 0.251 e. The average molecular weight is 276 g/mol. The van der Waals surface area contributed by atoms with Gasteiger partial charge in [-0.05, 0) is 50.6 Å². The van der Waals surface area contributed by atoms with Crippen LogP contribution in [0.2, 0.25) is 0 Å². The summed E-state index contributed by atoms with van der Waals surface area (Å²) in [7, 11) is 1.81. The van der Waals surface area contributed by atoms with Gasteiger partial charge in [-0.1, -0.05) is 20.8 Å². The lowest BCUT2D eigenvalue weighted by Gasteiger charge is -2.42. The maximum absolute atomic E-state index is 12.4. The van der Waals surface area contributed by atoms with E-state index < -0.39 is 6.43 Å². The lowest BCUT2D eigenvalue weighted by atomic mass is 9.72. The van der Waals surface area contributed by atoms with Gasteiger partial charge in [-0.2, -0.15) is 0 Å². The molecule has 1 fully saturated rings. The molecule has 0 aromatic heterocycles. The molecule has 0 aliphatic heterocycles. The molecule has 0 saturated heterocycles. The molecule has 1 aliphatic carbocycles. The molecule has 0 amide bonds. The van der Waals surface area contributed by atoms with E-state index in [0.717, 1.165) is 25.4 Å². The maximum atomic E-state index is 12.4. The zero-order valence-corrected chi connectivity index (χ0v) is 12.8. The lowest BCUT2D eigenvalue weighted by molar-refractivity contribution is 0.0647. The van der Waals surface area contributed by atoms with E-state index in [1.54, 1.807) is 4.90 Å². The number of hydrogen-bond acceptors (Lipinski definition) is 2. The molecule has 114 valence electrons. The van der Waals surface area contributed by atoms with Gasteiger partial charge in [-0.3, -0.25) is 0 Å². The first kappa shape index (κ1) is 16.8. The van der Waals surface area contributed by atoms with Crippen LogP contribution >= 0.6 is 0 Å². The van der Waals surface area contributed by atoms with Gasteiger partial charge in [-0.15, -0.1) is 0 Å². The number of rotatable bonds is 7. The Kier molecular flexibility index (Phi) is 7.22. The molecule has 4 unspecified atom stereocenters. The van der Waals surface area contributed by atoms with Gasteiger partial charge in [0.05, 0.1) is 6.54 Å². The number of hydrogen-bond donors (Lipinski definition) is 1. The summed E-state index contributed by atoms with van der Waals surface area (Å²) in [5.74, 6) is 1.84. The minimum Gasteiger partial charge on any atom is -0.314 e. The van der Waals surface area contributed by atoms with Crippen molar-refractivity contribution >= 4 is 0 Å². The van der Waals surface area contributed by atoms with E-state index >= 15 is 0 Å². The zero-order chi connectivity index (χ0) is 14.4. The Morgan fingerprint density at radius 1 is 1.26 bits per heavy atom. The third-order valence-electron chi connectivity index (χ3n) is 4.31. The molecule has 4 heteroatoms. The fourth-order valence-electron chi connectivity index (χ4n) is 3.45. The zero-order valence-electron chi connectivity index (χ0n) is 12.8. The van der Waals surface area contributed by atoms with Crippen molar-refractivity contribution in [3.63, 3.8) is 0 Å². The SMILES string of the molecule is CCCNC1CC(C)CC(C)C1CN(C)CC(F)F. The van der Waals surface area contributed by atoms with Crippen LogP contribution in [-0.2, 0) is 0 Å². The highest BCUT2D eigenvalue weighted by Gasteiger charge is 2.34. The molecule has 19 heavy (non-hydrogen) atoms. The van der Waals surface area contributed by atoms with E-state index in [1.807, 2.05) is 7.05 Å². The second-order valence-electron chi connectivity index (χ2n) is 6.39. The molecule has 2 nitrogen and oxygen atoms in total. The van der Waals surface area contributed by atoms with Crippen molar-refractivity contribution < 1.29 is 8.78 Å². The molecule has 1 rings (SSSR count). The highest BCUT2D eigenvalue weighted by molar-refractivity contribution is 4.89. The molecule has 0 heterocycles. The third kappa shape index (κ3) is 5.74. The summed E-state index contributed by atoms with van der Waals surface area (Å²) >= 11 is 0. The average Bonchev–Trinajstić information content (AvgIpc) is 2.29. The van der Waals surface area contributed by atoms with Crippen LogP contribution in [0.5, 0.6) is 0 Å². The largest absolute Gasteiger partial charge is 0.314 e. The standard InChI is InChI=1S/C15H30F2N2/c1-5-6-18-14-8-11(2)7-12(3)13(14)9-19(4)10-15(16)17/h11-15,18H,5-10H2,1-4H3. The van der Waals surface area contributed by atoms with E-state index in [-0.39, 0.29) is 6.54 Å². The van der Waals surface area contributed by atoms with Crippen molar-refractivity contribution in [1.82, 2.24) is 10.2 Å². The van der Waals surface area contributed by atoms with Gasteiger partial charge in [0.2, 0.25) is 0 Å². The Hall–Kier alpha value is -0.220. The summed E-state index contributed by atoms with van der Waals surface area (Å²) in [6, 6.07) is 0.485. The van der Waals surface area contributed by atoms with Crippen LogP contribution < -0.4 is 5.32 Å². The van der Waals surface area contributed by atoms with Gasteiger partial charge in [0.25, 0.3) is 6.43 Å². The molecular weight excluding hydrogens is 246 g/mol. The van der Waals surface area contributed by atoms with Crippen molar-refractivity contribution in [2.24, 2.45) is 17.8 Å². The van der Waals surface area contributed by atoms with E-state index in [1.165, 1.54) is 12.8 Å². The van der Waals surface area contributed by atoms with Crippen molar-refractivity contribution in [2.75, 3.05) is 26.7 Å². The van der Waals surface area contributed by atoms with Crippen molar-refractivity contribution in [3.05, 3.63) is 0 Å². The number of nitrogens with one attached hydrogen (secondary N) is 1. The minimum absolute atomic E-state index is 0.112. The Morgan fingerprint density at radius 2 is 1.95 bits per heavy atom. The number of nitrogens with zero attached hydrogens (tertiary/aromatic N) is 1. The molecule has 1 saturated carbocycles. The molecule has 0 bridgehead atoms. The van der Waals surface area contributed by atoms with Gasteiger partial charge in [0.15, 0.2) is 0 Å². The number of alkyl halides is 2. The minimum atomic E-state index is -2.23. The summed E-state index contributed by atoms with van der Waals surface area (Å²) in [4.78, 5) is 1.79. The summed E-state index contributed by atoms with van der Waals surface area (Å²) in [5, 5.41) is 3.63. The predicted molar refractivity (Wildman–Crippen MR) is 76.6 cm³/mol. The van der Waals surface area contributed by atoms with Crippen LogP contribution in [0.4, 0.5) is 8.78 Å². The van der Waals surface area contributed by atoms with Crippen LogP contribution in [0.15, 0.2) is 0 Å². The van der Waals surface area contributed by atoms with E-state index in [2.05, 4.69) is 26.1 Å². The predicted octanol–water partition coefficient (Wildman–Crippen LogP) is 3.23. The molecule has 1 aliphatic rings. The van der Waals surface area contributed by atoms with Crippen molar-refractivity contribution in [3.8, 4) is 0 Å². The first-order chi connectivity index (χ1) is 8.93. The molecule has 0 aromatic carbocycles. The fourth-order valence-corrected chi connectivity index (χ4v) is 3.45. The van der Waals surface area contributed by atoms with Gasteiger partial charge in [-0.25, -0.2) is 8.78 Å². The van der Waals surface area contributed by atoms with Gasteiger partial charge >= 0.3 is 0 Å². The van der Waals surface area contributed by atoms with Crippen molar-refractivity contribution in [2.45, 2.75) is 52.5 Å². The van der Waals surface area contributed by atoms with Gasteiger partial charge in [0, 0.05) is 12.6 Å². The summed E-state index contributed by atoms with van der Waals surface area (Å²) in [6.07, 6.45) is 1.29. The first-order valence-electron chi connectivity index (χ1n) is 7.64. The van der Waals surface area contributed by atoms with Crippen molar-refractivity contribution in [1.29, 1.82) is 0 Å². The van der Waals surface area contributed by atoms with Gasteiger partial charge < -0.3 is 10.2 Å². The highest BCUT2D eigenvalue weighted by atomic mass is 19.3. The molecule has 4 atom stereocenters. The topological polar surface area (TPSA) is 15.3 Å². The molecule has 0 radical (unpaired) electrons. The van der Waals surface area contributed by atoms with Crippen LogP contribution in [0.3, 0.4) is 0 Å².